The Bertz CT molecular complexity index is 970. The van der Waals surface area contributed by atoms with Gasteiger partial charge in [0, 0.05) is 23.1 Å². The second-order valence-electron chi connectivity index (χ2n) is 5.67. The number of hydrogen-bond donors (Lipinski definition) is 1. The largest absolute Gasteiger partial charge is 0.455 e. The molecule has 0 saturated heterocycles. The Morgan fingerprint density at radius 1 is 1.42 bits per heavy atom. The van der Waals surface area contributed by atoms with Gasteiger partial charge in [-0.2, -0.15) is 16.3 Å². The van der Waals surface area contributed by atoms with Crippen LogP contribution in [0.25, 0.3) is 11.4 Å². The van der Waals surface area contributed by atoms with Gasteiger partial charge in [0.2, 0.25) is 11.7 Å². The standard InChI is InChI=1S/C17H12FN3O4S/c18-10-1-2-11-12(6-14(22)19-13(11)5-10)17(23)24-7-15-20-16(21-25-15)9-3-4-26-8-9/h1-5,8,12H,6-7H2,(H,19,22)/t12-/m0/s1. The molecule has 7 nitrogen and oxygen atoms in total. The average molecular weight is 373 g/mol. The molecule has 0 spiro atoms. The summed E-state index contributed by atoms with van der Waals surface area (Å²) in [7, 11) is 0. The number of fused-ring (bicyclic) bond motifs is 1. The number of thiophene rings is 1. The topological polar surface area (TPSA) is 94.3 Å². The number of rotatable bonds is 4. The number of nitrogens with one attached hydrogen (secondary N) is 1. The van der Waals surface area contributed by atoms with Crippen LogP contribution >= 0.6 is 11.3 Å². The number of ether oxygens (including phenoxy) is 1. The molecule has 1 amide bonds. The van der Waals surface area contributed by atoms with Gasteiger partial charge in [-0.05, 0) is 29.1 Å². The summed E-state index contributed by atoms with van der Waals surface area (Å²) in [5.41, 5.74) is 1.61. The van der Waals surface area contributed by atoms with E-state index in [2.05, 4.69) is 15.5 Å². The van der Waals surface area contributed by atoms with E-state index in [9.17, 15) is 14.0 Å². The zero-order chi connectivity index (χ0) is 18.1. The number of carbonyl (C=O) groups excluding carboxylic acids is 2. The first-order valence-electron chi connectivity index (χ1n) is 7.71. The van der Waals surface area contributed by atoms with Gasteiger partial charge >= 0.3 is 5.97 Å². The number of halogens is 1. The molecule has 0 aliphatic carbocycles. The second kappa shape index (κ2) is 6.68. The molecule has 0 bridgehead atoms. The van der Waals surface area contributed by atoms with Crippen molar-refractivity contribution in [2.24, 2.45) is 0 Å². The second-order valence-corrected chi connectivity index (χ2v) is 6.45. The molecule has 1 aliphatic rings. The first-order chi connectivity index (χ1) is 12.6. The number of esters is 1. The van der Waals surface area contributed by atoms with Crippen molar-refractivity contribution in [1.82, 2.24) is 10.1 Å². The maximum Gasteiger partial charge on any atom is 0.314 e. The van der Waals surface area contributed by atoms with Crippen LogP contribution in [0, 0.1) is 5.82 Å². The van der Waals surface area contributed by atoms with Crippen molar-refractivity contribution in [3.05, 3.63) is 52.3 Å². The lowest BCUT2D eigenvalue weighted by molar-refractivity contribution is -0.148. The van der Waals surface area contributed by atoms with E-state index in [1.54, 1.807) is 0 Å². The third kappa shape index (κ3) is 3.21. The van der Waals surface area contributed by atoms with Crippen LogP contribution in [-0.4, -0.2) is 22.0 Å². The predicted molar refractivity (Wildman–Crippen MR) is 89.8 cm³/mol. The molecule has 132 valence electrons. The Balaban J connectivity index is 1.46. The van der Waals surface area contributed by atoms with Crippen LogP contribution in [0.4, 0.5) is 10.1 Å². The third-order valence-electron chi connectivity index (χ3n) is 3.92. The molecule has 0 fully saturated rings. The van der Waals surface area contributed by atoms with Crippen LogP contribution in [0.5, 0.6) is 0 Å². The molecule has 2 aromatic heterocycles. The molecule has 4 rings (SSSR count). The molecule has 0 unspecified atom stereocenters. The Labute approximate surface area is 150 Å². The van der Waals surface area contributed by atoms with Crippen LogP contribution in [-0.2, 0) is 20.9 Å². The minimum absolute atomic E-state index is 0.0680. The van der Waals surface area contributed by atoms with E-state index in [1.807, 2.05) is 16.8 Å². The molecule has 1 aliphatic heterocycles. The van der Waals surface area contributed by atoms with Crippen LogP contribution in [0.1, 0.15) is 23.8 Å². The normalized spacial score (nSPS) is 16.0. The lowest BCUT2D eigenvalue weighted by atomic mass is 9.90. The highest BCUT2D eigenvalue weighted by atomic mass is 32.1. The van der Waals surface area contributed by atoms with Crippen molar-refractivity contribution >= 4 is 28.9 Å². The molecule has 26 heavy (non-hydrogen) atoms. The fourth-order valence-corrected chi connectivity index (χ4v) is 3.34. The van der Waals surface area contributed by atoms with Crippen molar-refractivity contribution in [2.45, 2.75) is 18.9 Å². The Morgan fingerprint density at radius 2 is 2.31 bits per heavy atom. The van der Waals surface area contributed by atoms with Gasteiger partial charge in [0.1, 0.15) is 5.82 Å². The van der Waals surface area contributed by atoms with E-state index < -0.39 is 17.7 Å². The maximum absolute atomic E-state index is 13.3. The van der Waals surface area contributed by atoms with E-state index in [4.69, 9.17) is 9.26 Å². The summed E-state index contributed by atoms with van der Waals surface area (Å²) >= 11 is 1.50. The van der Waals surface area contributed by atoms with Gasteiger partial charge in [-0.25, -0.2) is 4.39 Å². The van der Waals surface area contributed by atoms with Crippen molar-refractivity contribution in [2.75, 3.05) is 5.32 Å². The molecule has 1 N–H and O–H groups in total. The summed E-state index contributed by atoms with van der Waals surface area (Å²) in [4.78, 5) is 28.4. The zero-order valence-electron chi connectivity index (χ0n) is 13.3. The average Bonchev–Trinajstić information content (AvgIpc) is 3.29. The summed E-state index contributed by atoms with van der Waals surface area (Å²) in [6, 6.07) is 5.74. The van der Waals surface area contributed by atoms with Crippen molar-refractivity contribution in [3.63, 3.8) is 0 Å². The van der Waals surface area contributed by atoms with Gasteiger partial charge in [-0.1, -0.05) is 11.2 Å². The van der Waals surface area contributed by atoms with E-state index >= 15 is 0 Å². The number of aromatic nitrogens is 2. The number of benzene rings is 1. The molecule has 3 heterocycles. The van der Waals surface area contributed by atoms with E-state index in [0.717, 1.165) is 5.56 Å². The third-order valence-corrected chi connectivity index (χ3v) is 4.61. The number of anilines is 1. The fraction of sp³-hybridized carbons (Fsp3) is 0.176. The van der Waals surface area contributed by atoms with Crippen molar-refractivity contribution in [3.8, 4) is 11.4 Å². The number of carbonyl (C=O) groups is 2. The summed E-state index contributed by atoms with van der Waals surface area (Å²) in [5.74, 6) is -1.72. The predicted octanol–water partition coefficient (Wildman–Crippen LogP) is 3.11. The van der Waals surface area contributed by atoms with E-state index in [0.29, 0.717) is 11.4 Å². The Kier molecular flexibility index (Phi) is 4.21. The van der Waals surface area contributed by atoms with Crippen molar-refractivity contribution in [1.29, 1.82) is 0 Å². The highest BCUT2D eigenvalue weighted by Gasteiger charge is 2.32. The first kappa shape index (κ1) is 16.4. The summed E-state index contributed by atoms with van der Waals surface area (Å²) in [6.07, 6.45) is -0.0680. The molecule has 9 heteroatoms. The van der Waals surface area contributed by atoms with E-state index in [1.165, 1.54) is 29.5 Å². The minimum Gasteiger partial charge on any atom is -0.455 e. The highest BCUT2D eigenvalue weighted by molar-refractivity contribution is 7.08. The Morgan fingerprint density at radius 3 is 3.12 bits per heavy atom. The van der Waals surface area contributed by atoms with Crippen LogP contribution in [0.15, 0.2) is 39.5 Å². The van der Waals surface area contributed by atoms with Crippen LogP contribution in [0.3, 0.4) is 0 Å². The van der Waals surface area contributed by atoms with Crippen LogP contribution in [0.2, 0.25) is 0 Å². The molecule has 1 aromatic carbocycles. The van der Waals surface area contributed by atoms with Gasteiger partial charge in [-0.15, -0.1) is 0 Å². The quantitative estimate of drug-likeness (QED) is 0.706. The Hall–Kier alpha value is -3.07. The SMILES string of the molecule is O=C1C[C@H](C(=O)OCc2nc(-c3ccsc3)no2)c2ccc(F)cc2N1. The highest BCUT2D eigenvalue weighted by Crippen LogP contribution is 2.33. The number of amides is 1. The molecular weight excluding hydrogens is 361 g/mol. The lowest BCUT2D eigenvalue weighted by Crippen LogP contribution is -2.28. The summed E-state index contributed by atoms with van der Waals surface area (Å²) < 4.78 is 23.6. The zero-order valence-corrected chi connectivity index (χ0v) is 14.1. The minimum atomic E-state index is -0.807. The maximum atomic E-state index is 13.3. The van der Waals surface area contributed by atoms with Gasteiger partial charge in [-0.3, -0.25) is 9.59 Å². The number of hydrogen-bond acceptors (Lipinski definition) is 7. The lowest BCUT2D eigenvalue weighted by Gasteiger charge is -2.23. The molecular formula is C17H12FN3O4S. The summed E-state index contributed by atoms with van der Waals surface area (Å²) in [5, 5.41) is 10.1. The van der Waals surface area contributed by atoms with Gasteiger partial charge < -0.3 is 14.6 Å². The molecule has 3 aromatic rings. The molecule has 0 saturated carbocycles. The van der Waals surface area contributed by atoms with Gasteiger partial charge in [0.15, 0.2) is 6.61 Å². The van der Waals surface area contributed by atoms with Gasteiger partial charge in [0.05, 0.1) is 5.92 Å². The number of nitrogens with zero attached hydrogens (tertiary/aromatic N) is 2. The van der Waals surface area contributed by atoms with Gasteiger partial charge in [0.25, 0.3) is 5.89 Å². The van der Waals surface area contributed by atoms with Crippen LogP contribution < -0.4 is 5.32 Å². The summed E-state index contributed by atoms with van der Waals surface area (Å²) in [6.45, 7) is -0.204. The molecule has 0 radical (unpaired) electrons. The van der Waals surface area contributed by atoms with E-state index in [-0.39, 0.29) is 30.5 Å². The monoisotopic (exact) mass is 373 g/mol. The first-order valence-corrected chi connectivity index (χ1v) is 8.65. The fourth-order valence-electron chi connectivity index (χ4n) is 2.70. The molecule has 1 atom stereocenters. The van der Waals surface area contributed by atoms with Crippen molar-refractivity contribution < 1.29 is 23.2 Å². The smallest absolute Gasteiger partial charge is 0.314 e.